The van der Waals surface area contributed by atoms with Crippen LogP contribution in [0.25, 0.3) is 11.4 Å². The monoisotopic (exact) mass is 538 g/mol. The summed E-state index contributed by atoms with van der Waals surface area (Å²) in [5.41, 5.74) is 1.04. The molecule has 0 spiro atoms. The zero-order valence-corrected chi connectivity index (χ0v) is 21.9. The molecule has 0 unspecified atom stereocenters. The van der Waals surface area contributed by atoms with Gasteiger partial charge in [-0.1, -0.05) is 0 Å². The Balaban J connectivity index is 1.84. The minimum atomic E-state index is -1.14. The average Bonchev–Trinajstić information content (AvgIpc) is 3.39. The maximum Gasteiger partial charge on any atom is 0.335 e. The number of fused-ring (bicyclic) bond motifs is 2. The van der Waals surface area contributed by atoms with Gasteiger partial charge in [0, 0.05) is 22.8 Å². The Labute approximate surface area is 227 Å². The number of Topliss-reactive ketones (excluding diaryl/α,β-unsaturated/α-hetero) is 2. The number of nitrogens with zero attached hydrogens (tertiary/aromatic N) is 2. The molecule has 0 saturated carbocycles. The van der Waals surface area contributed by atoms with Gasteiger partial charge >= 0.3 is 11.9 Å². The number of carbonyl (C=O) groups is 6. The van der Waals surface area contributed by atoms with Crippen LogP contribution >= 0.6 is 0 Å². The molecule has 0 saturated heterocycles. The summed E-state index contributed by atoms with van der Waals surface area (Å²) in [5.74, 6) is -4.47. The third-order valence-corrected chi connectivity index (χ3v) is 7.15. The van der Waals surface area contributed by atoms with Crippen molar-refractivity contribution in [1.29, 1.82) is 0 Å². The summed E-state index contributed by atoms with van der Waals surface area (Å²) in [5, 5.41) is 18.6. The Bertz CT molecular complexity index is 1700. The molecule has 5 rings (SSSR count). The molecule has 40 heavy (non-hydrogen) atoms. The van der Waals surface area contributed by atoms with E-state index in [1.165, 1.54) is 71.5 Å². The predicted molar refractivity (Wildman–Crippen MR) is 142 cm³/mol. The van der Waals surface area contributed by atoms with Crippen LogP contribution in [0.5, 0.6) is 0 Å². The third-order valence-electron chi connectivity index (χ3n) is 7.15. The van der Waals surface area contributed by atoms with E-state index in [9.17, 15) is 39.0 Å². The molecule has 1 aliphatic rings. The van der Waals surface area contributed by atoms with Gasteiger partial charge in [0.05, 0.1) is 33.4 Å². The largest absolute Gasteiger partial charge is 0.478 e. The Hall–Kier alpha value is -5.38. The van der Waals surface area contributed by atoms with Crippen LogP contribution in [0.15, 0.2) is 48.5 Å². The Morgan fingerprint density at radius 1 is 0.575 bits per heavy atom. The summed E-state index contributed by atoms with van der Waals surface area (Å²) in [6, 6.07) is 11.3. The lowest BCUT2D eigenvalue weighted by Gasteiger charge is -2.18. The number of aromatic carboxylic acids is 2. The summed E-state index contributed by atoms with van der Waals surface area (Å²) in [4.78, 5) is 77.0. The third kappa shape index (κ3) is 3.64. The molecule has 0 bridgehead atoms. The predicted octanol–water partition coefficient (Wildman–Crippen LogP) is 4.46. The van der Waals surface area contributed by atoms with Crippen LogP contribution in [0.4, 0.5) is 0 Å². The maximum absolute atomic E-state index is 14.3. The van der Waals surface area contributed by atoms with Crippen molar-refractivity contribution in [3.63, 3.8) is 0 Å². The molecule has 0 aliphatic heterocycles. The Morgan fingerprint density at radius 3 is 1.12 bits per heavy atom. The van der Waals surface area contributed by atoms with Crippen molar-refractivity contribution >= 4 is 35.1 Å². The van der Waals surface area contributed by atoms with Crippen molar-refractivity contribution in [3.05, 3.63) is 105 Å². The van der Waals surface area contributed by atoms with Gasteiger partial charge in [0.1, 0.15) is 11.4 Å². The molecule has 10 heteroatoms. The lowest BCUT2D eigenvalue weighted by atomic mass is 9.87. The smallest absolute Gasteiger partial charge is 0.335 e. The van der Waals surface area contributed by atoms with Crippen LogP contribution in [-0.4, -0.2) is 54.4 Å². The first-order valence-electron chi connectivity index (χ1n) is 12.2. The standard InChI is InChI=1S/C30H22N2O8/c1-13-21(15(3)33)23-25(31(13)19-9-5-17(6-10-19)29(37)38)28(36)24-22(16(4)34)14(2)32(26(24)27(23)35)20-11-7-18(8-12-20)30(39)40/h5-12H,1-4H3,(H,37,38)(H,39,40). The topological polar surface area (TPSA) is 153 Å². The second-order valence-electron chi connectivity index (χ2n) is 9.51. The fourth-order valence-corrected chi connectivity index (χ4v) is 5.50. The quantitative estimate of drug-likeness (QED) is 0.301. The van der Waals surface area contributed by atoms with Crippen molar-refractivity contribution in [2.75, 3.05) is 0 Å². The average molecular weight is 539 g/mol. The van der Waals surface area contributed by atoms with E-state index in [4.69, 9.17) is 0 Å². The number of carbonyl (C=O) groups excluding carboxylic acids is 4. The van der Waals surface area contributed by atoms with Gasteiger partial charge in [0.2, 0.25) is 11.6 Å². The van der Waals surface area contributed by atoms with Crippen molar-refractivity contribution < 1.29 is 39.0 Å². The summed E-state index contributed by atoms with van der Waals surface area (Å²) in [6.45, 7) is 5.73. The van der Waals surface area contributed by atoms with Crippen molar-refractivity contribution in [2.45, 2.75) is 27.7 Å². The molecule has 2 N–H and O–H groups in total. The highest BCUT2D eigenvalue weighted by Gasteiger charge is 2.44. The van der Waals surface area contributed by atoms with Crippen LogP contribution in [0.3, 0.4) is 0 Å². The summed E-state index contributed by atoms with van der Waals surface area (Å²) < 4.78 is 2.89. The molecule has 2 heterocycles. The van der Waals surface area contributed by atoms with Crippen LogP contribution in [0, 0.1) is 13.8 Å². The highest BCUT2D eigenvalue weighted by molar-refractivity contribution is 6.33. The lowest BCUT2D eigenvalue weighted by Crippen LogP contribution is -2.26. The second-order valence-corrected chi connectivity index (χ2v) is 9.51. The van der Waals surface area contributed by atoms with Gasteiger partial charge in [-0.3, -0.25) is 19.2 Å². The number of hydrogen-bond donors (Lipinski definition) is 2. The van der Waals surface area contributed by atoms with E-state index in [0.29, 0.717) is 22.8 Å². The van der Waals surface area contributed by atoms with E-state index in [1.54, 1.807) is 13.8 Å². The van der Waals surface area contributed by atoms with E-state index in [-0.39, 0.29) is 44.8 Å². The molecular formula is C30H22N2O8. The van der Waals surface area contributed by atoms with Gasteiger partial charge in [0.15, 0.2) is 11.6 Å². The SMILES string of the molecule is CC(=O)c1c2c(n(-c3ccc(C(=O)O)cc3)c1C)C(=O)c1c(C(C)=O)c(C)n(-c3ccc(C(=O)O)cc3)c1C2=O. The number of hydrogen-bond acceptors (Lipinski definition) is 6. The first kappa shape index (κ1) is 26.2. The summed E-state index contributed by atoms with van der Waals surface area (Å²) in [7, 11) is 0. The molecule has 0 atom stereocenters. The van der Waals surface area contributed by atoms with Gasteiger partial charge in [-0.15, -0.1) is 0 Å². The van der Waals surface area contributed by atoms with Crippen LogP contribution in [0.2, 0.25) is 0 Å². The molecule has 10 nitrogen and oxygen atoms in total. The van der Waals surface area contributed by atoms with E-state index < -0.39 is 35.1 Å². The number of rotatable bonds is 6. The molecule has 0 fully saturated rings. The van der Waals surface area contributed by atoms with Crippen molar-refractivity contribution in [2.24, 2.45) is 0 Å². The van der Waals surface area contributed by atoms with Crippen LogP contribution in [0.1, 0.15) is 98.8 Å². The van der Waals surface area contributed by atoms with Crippen molar-refractivity contribution in [3.8, 4) is 11.4 Å². The number of aromatic nitrogens is 2. The first-order valence-corrected chi connectivity index (χ1v) is 12.2. The van der Waals surface area contributed by atoms with E-state index in [1.807, 2.05) is 0 Å². The highest BCUT2D eigenvalue weighted by Crippen LogP contribution is 2.40. The van der Waals surface area contributed by atoms with E-state index in [0.717, 1.165) is 0 Å². The maximum atomic E-state index is 14.3. The zero-order chi connectivity index (χ0) is 29.2. The molecule has 0 amide bonds. The van der Waals surface area contributed by atoms with Gasteiger partial charge < -0.3 is 19.3 Å². The fourth-order valence-electron chi connectivity index (χ4n) is 5.50. The number of ketones is 4. The van der Waals surface area contributed by atoms with Crippen LogP contribution in [-0.2, 0) is 0 Å². The highest BCUT2D eigenvalue weighted by atomic mass is 16.4. The number of benzene rings is 2. The summed E-state index contributed by atoms with van der Waals surface area (Å²) in [6.07, 6.45) is 0. The second kappa shape index (κ2) is 9.12. The Kier molecular flexibility index (Phi) is 5.98. The minimum absolute atomic E-state index is 0.0133. The van der Waals surface area contributed by atoms with Gasteiger partial charge in [-0.25, -0.2) is 9.59 Å². The summed E-state index contributed by atoms with van der Waals surface area (Å²) >= 11 is 0. The lowest BCUT2D eigenvalue weighted by molar-refractivity contribution is 0.0686. The van der Waals surface area contributed by atoms with E-state index in [2.05, 4.69) is 0 Å². The van der Waals surface area contributed by atoms with Crippen molar-refractivity contribution in [1.82, 2.24) is 9.13 Å². The fraction of sp³-hybridized carbons (Fsp3) is 0.133. The Morgan fingerprint density at radius 2 is 0.875 bits per heavy atom. The molecule has 200 valence electrons. The molecule has 2 aromatic heterocycles. The normalized spacial score (nSPS) is 12.2. The van der Waals surface area contributed by atoms with Gasteiger partial charge in [-0.2, -0.15) is 0 Å². The molecule has 4 aromatic rings. The molecular weight excluding hydrogens is 516 g/mol. The molecule has 0 radical (unpaired) electrons. The number of carboxylic acids is 2. The molecule has 1 aliphatic carbocycles. The minimum Gasteiger partial charge on any atom is -0.478 e. The molecule has 2 aromatic carbocycles. The van der Waals surface area contributed by atoms with Gasteiger partial charge in [0.25, 0.3) is 0 Å². The van der Waals surface area contributed by atoms with E-state index >= 15 is 0 Å². The van der Waals surface area contributed by atoms with Gasteiger partial charge in [-0.05, 0) is 76.2 Å². The number of carboxylic acid groups (broad SMARTS) is 2. The van der Waals surface area contributed by atoms with Crippen LogP contribution < -0.4 is 0 Å². The zero-order valence-electron chi connectivity index (χ0n) is 21.9. The first-order chi connectivity index (χ1) is 18.9.